The lowest BCUT2D eigenvalue weighted by Crippen LogP contribution is -2.46. The van der Waals surface area contributed by atoms with Gasteiger partial charge in [-0.25, -0.2) is 0 Å². The summed E-state index contributed by atoms with van der Waals surface area (Å²) in [4.78, 5) is 12.3. The molecule has 0 spiro atoms. The number of carbonyl (C=O) groups is 1. The summed E-state index contributed by atoms with van der Waals surface area (Å²) in [5.41, 5.74) is 0. The van der Waals surface area contributed by atoms with E-state index < -0.39 is 43.0 Å². The Balaban J connectivity index is 3.76. The monoisotopic (exact) mass is 684 g/mol. The third-order valence-corrected chi connectivity index (χ3v) is 9.78. The summed E-state index contributed by atoms with van der Waals surface area (Å²) in [6.45, 7) is 3.96. The first-order chi connectivity index (χ1) is 23.3. The molecule has 1 amide bonds. The average molecular weight is 684 g/mol. The van der Waals surface area contributed by atoms with Crippen LogP contribution in [-0.2, 0) is 4.79 Å². The van der Waals surface area contributed by atoms with Gasteiger partial charge in [-0.15, -0.1) is 0 Å². The lowest BCUT2D eigenvalue weighted by Gasteiger charge is -2.22. The molecule has 48 heavy (non-hydrogen) atoms. The molecule has 0 fully saturated rings. The summed E-state index contributed by atoms with van der Waals surface area (Å²) in [5.74, 6) is -0.545. The molecular weight excluding hydrogens is 602 g/mol. The van der Waals surface area contributed by atoms with Crippen LogP contribution < -0.4 is 5.32 Å². The van der Waals surface area contributed by atoms with Crippen LogP contribution in [-0.4, -0.2) is 68.5 Å². The zero-order chi connectivity index (χ0) is 35.5. The number of unbranched alkanes of at least 4 members (excludes halogenated alkanes) is 25. The molecule has 6 N–H and O–H groups in total. The number of hydrogen-bond acceptors (Lipinski definition) is 6. The molecule has 0 radical (unpaired) electrons. The molecule has 5 unspecified atom stereocenters. The highest BCUT2D eigenvalue weighted by Gasteiger charge is 2.23. The highest BCUT2D eigenvalue weighted by molar-refractivity contribution is 5.77. The topological polar surface area (TPSA) is 130 Å². The van der Waals surface area contributed by atoms with Crippen LogP contribution in [0.5, 0.6) is 0 Å². The Morgan fingerprint density at radius 1 is 0.500 bits per heavy atom. The predicted molar refractivity (Wildman–Crippen MR) is 202 cm³/mol. The average Bonchev–Trinajstić information content (AvgIpc) is 3.08. The highest BCUT2D eigenvalue weighted by atomic mass is 16.3. The molecule has 286 valence electrons. The molecule has 7 heteroatoms. The molecule has 0 aliphatic heterocycles. The van der Waals surface area contributed by atoms with Crippen LogP contribution >= 0.6 is 0 Å². The molecule has 0 heterocycles. The summed E-state index contributed by atoms with van der Waals surface area (Å²) in [5, 5.41) is 53.3. The van der Waals surface area contributed by atoms with Crippen molar-refractivity contribution in [3.8, 4) is 0 Å². The largest absolute Gasteiger partial charge is 0.394 e. The van der Waals surface area contributed by atoms with Crippen LogP contribution in [0.2, 0.25) is 0 Å². The van der Waals surface area contributed by atoms with Crippen LogP contribution in [0.25, 0.3) is 0 Å². The minimum absolute atomic E-state index is 0.300. The van der Waals surface area contributed by atoms with Gasteiger partial charge < -0.3 is 30.8 Å². The van der Waals surface area contributed by atoms with Crippen LogP contribution in [0.3, 0.4) is 0 Å². The molecule has 0 saturated carbocycles. The maximum atomic E-state index is 12.3. The second-order valence-electron chi connectivity index (χ2n) is 14.6. The van der Waals surface area contributed by atoms with E-state index in [1.54, 1.807) is 0 Å². The van der Waals surface area contributed by atoms with Gasteiger partial charge in [0.05, 0.1) is 43.5 Å². The molecule has 0 aliphatic rings. The molecular formula is C41H81NO6. The normalized spacial score (nSPS) is 15.1. The van der Waals surface area contributed by atoms with Gasteiger partial charge in [0.1, 0.15) is 0 Å². The maximum Gasteiger partial charge on any atom is 0.223 e. The fourth-order valence-electron chi connectivity index (χ4n) is 6.41. The van der Waals surface area contributed by atoms with E-state index in [-0.39, 0.29) is 6.42 Å². The lowest BCUT2D eigenvalue weighted by molar-refractivity contribution is -0.126. The van der Waals surface area contributed by atoms with Gasteiger partial charge in [-0.3, -0.25) is 4.79 Å². The van der Waals surface area contributed by atoms with E-state index in [1.807, 2.05) is 0 Å². The van der Waals surface area contributed by atoms with E-state index >= 15 is 0 Å². The number of amides is 1. The molecule has 5 atom stereocenters. The van der Waals surface area contributed by atoms with E-state index in [1.165, 1.54) is 153 Å². The first-order valence-corrected chi connectivity index (χ1v) is 20.7. The van der Waals surface area contributed by atoms with Crippen molar-refractivity contribution in [2.75, 3.05) is 6.61 Å². The quantitative estimate of drug-likeness (QED) is 0.0286. The molecule has 0 aromatic heterocycles. The van der Waals surface area contributed by atoms with Crippen molar-refractivity contribution in [3.63, 3.8) is 0 Å². The number of aliphatic hydroxyl groups is 5. The molecule has 0 aromatic rings. The van der Waals surface area contributed by atoms with E-state index in [0.29, 0.717) is 12.8 Å². The molecule has 0 aromatic carbocycles. The summed E-state index contributed by atoms with van der Waals surface area (Å²) >= 11 is 0. The Morgan fingerprint density at radius 3 is 1.23 bits per heavy atom. The van der Waals surface area contributed by atoms with E-state index in [4.69, 9.17) is 0 Å². The second kappa shape index (κ2) is 35.8. The third kappa shape index (κ3) is 31.0. The first-order valence-electron chi connectivity index (χ1n) is 20.7. The number of carbonyl (C=O) groups excluding carboxylic acids is 1. The van der Waals surface area contributed by atoms with Crippen molar-refractivity contribution in [1.29, 1.82) is 0 Å². The van der Waals surface area contributed by atoms with Gasteiger partial charge in [-0.05, 0) is 12.8 Å². The minimum Gasteiger partial charge on any atom is -0.394 e. The van der Waals surface area contributed by atoms with Gasteiger partial charge >= 0.3 is 0 Å². The van der Waals surface area contributed by atoms with E-state index in [9.17, 15) is 30.3 Å². The van der Waals surface area contributed by atoms with E-state index in [2.05, 4.69) is 19.2 Å². The van der Waals surface area contributed by atoms with Crippen molar-refractivity contribution in [1.82, 2.24) is 5.32 Å². The van der Waals surface area contributed by atoms with Crippen molar-refractivity contribution in [2.24, 2.45) is 0 Å². The molecule has 0 rings (SSSR count). The fraction of sp³-hybridized carbons (Fsp3) is 0.927. The van der Waals surface area contributed by atoms with Crippen LogP contribution in [0.15, 0.2) is 12.2 Å². The van der Waals surface area contributed by atoms with Gasteiger partial charge in [-0.2, -0.15) is 0 Å². The lowest BCUT2D eigenvalue weighted by atomic mass is 10.0. The second-order valence-corrected chi connectivity index (χ2v) is 14.6. The maximum absolute atomic E-state index is 12.3. The number of hydrogen-bond donors (Lipinski definition) is 6. The smallest absolute Gasteiger partial charge is 0.223 e. The van der Waals surface area contributed by atoms with Crippen LogP contribution in [0.4, 0.5) is 0 Å². The Kier molecular flexibility index (Phi) is 35.1. The molecule has 7 nitrogen and oxygen atoms in total. The van der Waals surface area contributed by atoms with Crippen molar-refractivity contribution in [3.05, 3.63) is 12.2 Å². The third-order valence-electron chi connectivity index (χ3n) is 9.78. The fourth-order valence-corrected chi connectivity index (χ4v) is 6.41. The van der Waals surface area contributed by atoms with Gasteiger partial charge in [0.15, 0.2) is 0 Å². The summed E-state index contributed by atoms with van der Waals surface area (Å²) in [6, 6.07) is -0.951. The molecule has 0 aliphatic carbocycles. The van der Waals surface area contributed by atoms with Gasteiger partial charge in [0.25, 0.3) is 0 Å². The van der Waals surface area contributed by atoms with Crippen LogP contribution in [0.1, 0.15) is 206 Å². The zero-order valence-corrected chi connectivity index (χ0v) is 31.6. The summed E-state index contributed by atoms with van der Waals surface area (Å²) in [6.07, 6.45) is 34.2. The van der Waals surface area contributed by atoms with Crippen molar-refractivity contribution >= 4 is 5.91 Å². The Bertz CT molecular complexity index is 704. The minimum atomic E-state index is -1.19. The number of nitrogens with one attached hydrogen (secondary N) is 1. The van der Waals surface area contributed by atoms with E-state index in [0.717, 1.165) is 32.1 Å². The van der Waals surface area contributed by atoms with Crippen molar-refractivity contribution in [2.45, 2.75) is 237 Å². The number of aliphatic hydroxyl groups excluding tert-OH is 5. The molecule has 0 saturated heterocycles. The van der Waals surface area contributed by atoms with Gasteiger partial charge in [0, 0.05) is 0 Å². The summed E-state index contributed by atoms with van der Waals surface area (Å²) < 4.78 is 0. The number of rotatable bonds is 37. The highest BCUT2D eigenvalue weighted by Crippen LogP contribution is 2.16. The predicted octanol–water partition coefficient (Wildman–Crippen LogP) is 9.21. The Labute approximate surface area is 296 Å². The van der Waals surface area contributed by atoms with Gasteiger partial charge in [0.2, 0.25) is 5.91 Å². The zero-order valence-electron chi connectivity index (χ0n) is 31.6. The SMILES string of the molecule is CCCCCCCCCCCCCCCCCCCCCCCC(O)C=CC(O)C(CO)NC(=O)CC(O)C(O)CCCCCCCC. The van der Waals surface area contributed by atoms with Crippen molar-refractivity contribution < 1.29 is 30.3 Å². The standard InChI is InChI=1S/C41H81NO6/c1-3-5-7-9-11-12-13-14-15-16-17-18-19-20-21-22-23-24-25-26-28-30-36(44)32-33-38(45)37(35-43)42-41(48)34-40(47)39(46)31-29-27-10-8-6-4-2/h32-33,36-40,43-47H,3-31,34-35H2,1-2H3,(H,42,48). The molecule has 0 bridgehead atoms. The van der Waals surface area contributed by atoms with Gasteiger partial charge in [-0.1, -0.05) is 199 Å². The Morgan fingerprint density at radius 2 is 0.854 bits per heavy atom. The van der Waals surface area contributed by atoms with Crippen LogP contribution in [0, 0.1) is 0 Å². The summed E-state index contributed by atoms with van der Waals surface area (Å²) in [7, 11) is 0. The Hall–Kier alpha value is -0.990. The first kappa shape index (κ1) is 47.0.